The standard InChI is InChI=1S/C35H35ClN2OS.C4H4O4/c1-34(2,39)31-9-4-3-7-26(31)13-17-33(40-24-35(18-19-35)20-21-37)28-8-5-6-25(22-28)10-15-30-16-12-27-11-14-29(36)23-32(27)38-30;5-3(6)1-2-4(7)8/h3-12,14-16,22-23,33,39H,13,17-20,24H2,1-2H3;1-2H,(H,5,6)(H,7,8)/b15-10+;2-1+/t33-;/m1./s1. The van der Waals surface area contributed by atoms with Crippen molar-refractivity contribution in [3.8, 4) is 6.07 Å². The molecule has 0 spiro atoms. The first-order chi connectivity index (χ1) is 22.9. The van der Waals surface area contributed by atoms with E-state index in [1.54, 1.807) is 0 Å². The summed E-state index contributed by atoms with van der Waals surface area (Å²) in [5, 5.41) is 37.7. The Morgan fingerprint density at radius 1 is 1.00 bits per heavy atom. The molecule has 1 saturated carbocycles. The van der Waals surface area contributed by atoms with Crippen LogP contribution in [0.25, 0.3) is 23.1 Å². The number of aliphatic carboxylic acids is 2. The lowest BCUT2D eigenvalue weighted by molar-refractivity contribution is -0.134. The Kier molecular flexibility index (Phi) is 12.6. The van der Waals surface area contributed by atoms with E-state index in [1.807, 2.05) is 68.1 Å². The van der Waals surface area contributed by atoms with Gasteiger partial charge in [0.15, 0.2) is 0 Å². The molecule has 7 nitrogen and oxygen atoms in total. The number of hydrogen-bond donors (Lipinski definition) is 3. The summed E-state index contributed by atoms with van der Waals surface area (Å²) in [5.74, 6) is -1.51. The average Bonchev–Trinajstić information content (AvgIpc) is 3.82. The van der Waals surface area contributed by atoms with Crippen LogP contribution in [0.4, 0.5) is 0 Å². The van der Waals surface area contributed by atoms with Crippen LogP contribution in [0.3, 0.4) is 0 Å². The molecule has 0 aliphatic heterocycles. The highest BCUT2D eigenvalue weighted by Gasteiger charge is 2.42. The van der Waals surface area contributed by atoms with Gasteiger partial charge in [-0.25, -0.2) is 14.6 Å². The van der Waals surface area contributed by atoms with Crippen molar-refractivity contribution in [2.24, 2.45) is 5.41 Å². The number of carboxylic acids is 2. The molecular weight excluding hydrogens is 644 g/mol. The Balaban J connectivity index is 0.000000579. The number of nitrogens with zero attached hydrogens (tertiary/aromatic N) is 2. The smallest absolute Gasteiger partial charge is 0.328 e. The minimum Gasteiger partial charge on any atom is -0.478 e. The summed E-state index contributed by atoms with van der Waals surface area (Å²) in [6.07, 6.45) is 10.1. The summed E-state index contributed by atoms with van der Waals surface area (Å²) in [6.45, 7) is 3.71. The quantitative estimate of drug-likeness (QED) is 0.119. The van der Waals surface area contributed by atoms with Crippen LogP contribution in [0, 0.1) is 16.7 Å². The fraction of sp³-hybridized carbons (Fsp3) is 0.282. The zero-order valence-electron chi connectivity index (χ0n) is 27.0. The number of benzene rings is 3. The second-order valence-electron chi connectivity index (χ2n) is 12.5. The first-order valence-electron chi connectivity index (χ1n) is 15.7. The molecule has 48 heavy (non-hydrogen) atoms. The molecule has 0 unspecified atom stereocenters. The van der Waals surface area contributed by atoms with Crippen molar-refractivity contribution in [1.82, 2.24) is 4.98 Å². The third kappa shape index (κ3) is 11.1. The van der Waals surface area contributed by atoms with E-state index in [1.165, 1.54) is 11.1 Å². The zero-order valence-corrected chi connectivity index (χ0v) is 28.5. The summed E-state index contributed by atoms with van der Waals surface area (Å²) in [5.41, 5.74) is 5.69. The number of aryl methyl sites for hydroxylation is 1. The predicted molar refractivity (Wildman–Crippen MR) is 194 cm³/mol. The van der Waals surface area contributed by atoms with Gasteiger partial charge in [0.25, 0.3) is 0 Å². The lowest BCUT2D eigenvalue weighted by Crippen LogP contribution is -2.18. The van der Waals surface area contributed by atoms with Crippen LogP contribution in [-0.2, 0) is 21.6 Å². The lowest BCUT2D eigenvalue weighted by Gasteiger charge is -2.24. The van der Waals surface area contributed by atoms with Gasteiger partial charge in [-0.1, -0.05) is 78.3 Å². The van der Waals surface area contributed by atoms with Crippen LogP contribution in [0.1, 0.15) is 72.7 Å². The Morgan fingerprint density at radius 2 is 1.71 bits per heavy atom. The van der Waals surface area contributed by atoms with Crippen LogP contribution in [0.5, 0.6) is 0 Å². The number of aromatic nitrogens is 1. The molecule has 3 aromatic carbocycles. The Morgan fingerprint density at radius 3 is 2.38 bits per heavy atom. The molecule has 1 aliphatic rings. The maximum absolute atomic E-state index is 10.7. The van der Waals surface area contributed by atoms with E-state index in [0.717, 1.165) is 59.2 Å². The number of halogens is 1. The number of carboxylic acid groups (broad SMARTS) is 2. The SMILES string of the molecule is CC(C)(O)c1ccccc1CC[C@@H](SCC1(CC#N)CC1)c1cccc(/C=C/c2ccc3ccc(Cl)cc3n2)c1.O=C(O)/C=C/C(=O)O. The number of carbonyl (C=O) groups is 2. The van der Waals surface area contributed by atoms with Crippen LogP contribution in [-0.4, -0.2) is 38.0 Å². The molecule has 1 heterocycles. The normalized spacial score (nSPS) is 14.3. The van der Waals surface area contributed by atoms with Gasteiger partial charge in [0.1, 0.15) is 0 Å². The fourth-order valence-electron chi connectivity index (χ4n) is 5.35. The monoisotopic (exact) mass is 682 g/mol. The summed E-state index contributed by atoms with van der Waals surface area (Å²) in [4.78, 5) is 23.9. The molecule has 0 bridgehead atoms. The summed E-state index contributed by atoms with van der Waals surface area (Å²) < 4.78 is 0. The van der Waals surface area contributed by atoms with E-state index in [-0.39, 0.29) is 5.41 Å². The Bertz CT molecular complexity index is 1840. The molecule has 0 saturated heterocycles. The second kappa shape index (κ2) is 16.6. The van der Waals surface area contributed by atoms with E-state index in [9.17, 15) is 20.0 Å². The Hall–Kier alpha value is -4.42. The molecule has 1 aromatic heterocycles. The summed E-state index contributed by atoms with van der Waals surface area (Å²) in [6, 6.07) is 29.2. The fourth-order valence-corrected chi connectivity index (χ4v) is 7.08. The van der Waals surface area contributed by atoms with Crippen LogP contribution in [0.15, 0.2) is 91.0 Å². The van der Waals surface area contributed by atoms with Crippen molar-refractivity contribution in [2.45, 2.75) is 56.8 Å². The van der Waals surface area contributed by atoms with Crippen molar-refractivity contribution < 1.29 is 24.9 Å². The molecule has 1 atom stereocenters. The molecule has 1 aliphatic carbocycles. The molecule has 1 fully saturated rings. The minimum absolute atomic E-state index is 0.185. The average molecular weight is 683 g/mol. The Labute approximate surface area is 290 Å². The number of rotatable bonds is 13. The van der Waals surface area contributed by atoms with Gasteiger partial charge in [0.05, 0.1) is 22.9 Å². The van der Waals surface area contributed by atoms with Gasteiger partial charge >= 0.3 is 11.9 Å². The highest BCUT2D eigenvalue weighted by molar-refractivity contribution is 7.99. The van der Waals surface area contributed by atoms with Crippen LogP contribution < -0.4 is 0 Å². The van der Waals surface area contributed by atoms with Crippen molar-refractivity contribution in [3.63, 3.8) is 0 Å². The third-order valence-electron chi connectivity index (χ3n) is 8.13. The topological polar surface area (TPSA) is 132 Å². The van der Waals surface area contributed by atoms with E-state index in [2.05, 4.69) is 54.6 Å². The first kappa shape index (κ1) is 36.4. The van der Waals surface area contributed by atoms with Crippen molar-refractivity contribution >= 4 is 58.4 Å². The molecule has 0 radical (unpaired) electrons. The number of aliphatic hydroxyl groups is 1. The number of hydrogen-bond acceptors (Lipinski definition) is 6. The largest absolute Gasteiger partial charge is 0.478 e. The van der Waals surface area contributed by atoms with Crippen molar-refractivity contribution in [3.05, 3.63) is 124 Å². The second-order valence-corrected chi connectivity index (χ2v) is 14.1. The molecule has 3 N–H and O–H groups in total. The highest BCUT2D eigenvalue weighted by atomic mass is 35.5. The summed E-state index contributed by atoms with van der Waals surface area (Å²) >= 11 is 8.15. The van der Waals surface area contributed by atoms with Crippen LogP contribution in [0.2, 0.25) is 5.02 Å². The molecule has 9 heteroatoms. The van der Waals surface area contributed by atoms with Gasteiger partial charge < -0.3 is 15.3 Å². The van der Waals surface area contributed by atoms with Crippen molar-refractivity contribution in [1.29, 1.82) is 5.26 Å². The zero-order chi connectivity index (χ0) is 34.7. The predicted octanol–water partition coefficient (Wildman–Crippen LogP) is 9.10. The minimum atomic E-state index is -1.26. The van der Waals surface area contributed by atoms with Crippen LogP contribution >= 0.6 is 23.4 Å². The highest BCUT2D eigenvalue weighted by Crippen LogP contribution is 2.53. The lowest BCUT2D eigenvalue weighted by atomic mass is 9.90. The van der Waals surface area contributed by atoms with Crippen molar-refractivity contribution in [2.75, 3.05) is 5.75 Å². The van der Waals surface area contributed by atoms with E-state index in [4.69, 9.17) is 26.8 Å². The van der Waals surface area contributed by atoms with Gasteiger partial charge in [-0.2, -0.15) is 17.0 Å². The first-order valence-corrected chi connectivity index (χ1v) is 17.1. The molecule has 5 rings (SSSR count). The van der Waals surface area contributed by atoms with E-state index >= 15 is 0 Å². The molecular formula is C39H39ClN2O5S. The molecule has 4 aromatic rings. The van der Waals surface area contributed by atoms with E-state index in [0.29, 0.717) is 28.8 Å². The number of thioether (sulfide) groups is 1. The van der Waals surface area contributed by atoms with Gasteiger partial charge in [0.2, 0.25) is 0 Å². The van der Waals surface area contributed by atoms with Gasteiger partial charge in [-0.05, 0) is 91.5 Å². The maximum atomic E-state index is 10.7. The van der Waals surface area contributed by atoms with E-state index < -0.39 is 17.5 Å². The third-order valence-corrected chi connectivity index (χ3v) is 10.1. The molecule has 248 valence electrons. The summed E-state index contributed by atoms with van der Waals surface area (Å²) in [7, 11) is 0. The molecule has 0 amide bonds. The maximum Gasteiger partial charge on any atom is 0.328 e. The van der Waals surface area contributed by atoms with Gasteiger partial charge in [0, 0.05) is 40.0 Å². The van der Waals surface area contributed by atoms with Gasteiger partial charge in [-0.15, -0.1) is 0 Å². The number of pyridine rings is 1. The number of fused-ring (bicyclic) bond motifs is 1. The number of nitriles is 1. The van der Waals surface area contributed by atoms with Gasteiger partial charge in [-0.3, -0.25) is 0 Å².